The Labute approximate surface area is 193 Å². The number of imidazole rings is 1. The molecule has 2 N–H and O–H groups in total. The molecule has 7 heteroatoms. The number of benzene rings is 1. The first-order chi connectivity index (χ1) is 15.7. The van der Waals surface area contributed by atoms with E-state index in [1.54, 1.807) is 16.6 Å². The van der Waals surface area contributed by atoms with E-state index in [9.17, 15) is 9.59 Å². The van der Waals surface area contributed by atoms with E-state index in [0.717, 1.165) is 54.4 Å². The Morgan fingerprint density at radius 2 is 1.85 bits per heavy atom. The summed E-state index contributed by atoms with van der Waals surface area (Å²) in [6, 6.07) is 7.27. The van der Waals surface area contributed by atoms with Gasteiger partial charge in [0.15, 0.2) is 11.3 Å². The van der Waals surface area contributed by atoms with Crippen molar-refractivity contribution in [2.45, 2.75) is 65.7 Å². The van der Waals surface area contributed by atoms with Gasteiger partial charge in [0.2, 0.25) is 0 Å². The van der Waals surface area contributed by atoms with Gasteiger partial charge in [-0.3, -0.25) is 4.79 Å². The van der Waals surface area contributed by atoms with E-state index in [1.807, 2.05) is 19.1 Å². The SMILES string of the molecule is CCc1nc([C@H]2CC[C@@H](C(C)(C)C)CC2)n2nc(-c3ccc(/C=C/C(=O)O)cc3)[nH]c(=O)c12. The van der Waals surface area contributed by atoms with Crippen molar-refractivity contribution >= 4 is 17.6 Å². The molecule has 3 aromatic rings. The van der Waals surface area contributed by atoms with Crippen molar-refractivity contribution in [3.8, 4) is 11.4 Å². The van der Waals surface area contributed by atoms with Crippen LogP contribution in [0.2, 0.25) is 0 Å². The second-order valence-electron chi connectivity index (χ2n) is 10.0. The fourth-order valence-electron chi connectivity index (χ4n) is 4.87. The molecule has 1 fully saturated rings. The van der Waals surface area contributed by atoms with Crippen LogP contribution >= 0.6 is 0 Å². The van der Waals surface area contributed by atoms with Gasteiger partial charge in [-0.2, -0.15) is 0 Å². The molecule has 1 aliphatic carbocycles. The number of nitrogens with one attached hydrogen (secondary N) is 1. The number of carboxylic acid groups (broad SMARTS) is 1. The standard InChI is InChI=1S/C26H32N4O3/c1-5-20-22-25(33)28-23(17-9-6-16(7-10-17)8-15-21(31)32)29-30(22)24(27-20)18-11-13-19(14-12-18)26(2,3)4/h6-10,15,18-19H,5,11-14H2,1-4H3,(H,31,32)(H,28,29,33)/b15-8+/t18-,19+. The van der Waals surface area contributed by atoms with Crippen molar-refractivity contribution in [1.29, 1.82) is 0 Å². The van der Waals surface area contributed by atoms with Crippen molar-refractivity contribution in [3.05, 3.63) is 57.8 Å². The van der Waals surface area contributed by atoms with Crippen molar-refractivity contribution in [1.82, 2.24) is 19.6 Å². The van der Waals surface area contributed by atoms with E-state index in [1.165, 1.54) is 6.08 Å². The molecule has 0 bridgehead atoms. The van der Waals surface area contributed by atoms with E-state index in [0.29, 0.717) is 35.0 Å². The second kappa shape index (κ2) is 8.96. The number of rotatable bonds is 5. The predicted octanol–water partition coefficient (Wildman–Crippen LogP) is 5.06. The molecule has 0 unspecified atom stereocenters. The number of fused-ring (bicyclic) bond motifs is 1. The summed E-state index contributed by atoms with van der Waals surface area (Å²) < 4.78 is 1.77. The van der Waals surface area contributed by atoms with Gasteiger partial charge in [-0.05, 0) is 55.1 Å². The molecular weight excluding hydrogens is 416 g/mol. The number of nitrogens with zero attached hydrogens (tertiary/aromatic N) is 3. The molecule has 0 spiro atoms. The zero-order valence-electron chi connectivity index (χ0n) is 19.8. The Morgan fingerprint density at radius 1 is 1.18 bits per heavy atom. The molecule has 2 heterocycles. The molecule has 1 aromatic carbocycles. The highest BCUT2D eigenvalue weighted by atomic mass is 16.4. The molecule has 4 rings (SSSR count). The van der Waals surface area contributed by atoms with Gasteiger partial charge in [0.1, 0.15) is 5.82 Å². The van der Waals surface area contributed by atoms with Gasteiger partial charge in [-0.15, -0.1) is 5.10 Å². The van der Waals surface area contributed by atoms with Crippen molar-refractivity contribution in [2.24, 2.45) is 11.3 Å². The minimum atomic E-state index is -0.994. The van der Waals surface area contributed by atoms with Crippen LogP contribution < -0.4 is 5.56 Å². The molecule has 0 radical (unpaired) electrons. The highest BCUT2D eigenvalue weighted by Crippen LogP contribution is 2.43. The fourth-order valence-corrected chi connectivity index (χ4v) is 4.87. The number of aryl methyl sites for hydroxylation is 1. The van der Waals surface area contributed by atoms with E-state index < -0.39 is 5.97 Å². The van der Waals surface area contributed by atoms with Gasteiger partial charge in [-0.25, -0.2) is 14.3 Å². The molecule has 0 atom stereocenters. The number of aromatic amines is 1. The van der Waals surface area contributed by atoms with Crippen LogP contribution in [0.15, 0.2) is 35.1 Å². The van der Waals surface area contributed by atoms with E-state index in [-0.39, 0.29) is 5.56 Å². The van der Waals surface area contributed by atoms with Crippen LogP contribution in [0.3, 0.4) is 0 Å². The summed E-state index contributed by atoms with van der Waals surface area (Å²) in [4.78, 5) is 31.6. The van der Waals surface area contributed by atoms with E-state index in [2.05, 4.69) is 25.8 Å². The predicted molar refractivity (Wildman–Crippen MR) is 129 cm³/mol. The number of hydrogen-bond donors (Lipinski definition) is 2. The van der Waals surface area contributed by atoms with E-state index in [4.69, 9.17) is 15.2 Å². The number of hydrogen-bond acceptors (Lipinski definition) is 4. The summed E-state index contributed by atoms with van der Waals surface area (Å²) >= 11 is 0. The van der Waals surface area contributed by atoms with Crippen LogP contribution in [0.5, 0.6) is 0 Å². The van der Waals surface area contributed by atoms with Gasteiger partial charge in [0.05, 0.1) is 5.69 Å². The Hall–Kier alpha value is -3.22. The quantitative estimate of drug-likeness (QED) is 0.531. The highest BCUT2D eigenvalue weighted by Gasteiger charge is 2.32. The van der Waals surface area contributed by atoms with Crippen molar-refractivity contribution in [2.75, 3.05) is 0 Å². The summed E-state index contributed by atoms with van der Waals surface area (Å²) in [7, 11) is 0. The maximum atomic E-state index is 13.0. The van der Waals surface area contributed by atoms with Gasteiger partial charge >= 0.3 is 5.97 Å². The molecular formula is C26H32N4O3. The first kappa shape index (κ1) is 23.0. The summed E-state index contributed by atoms with van der Waals surface area (Å²) in [5.74, 6) is 1.37. The van der Waals surface area contributed by atoms with Gasteiger partial charge in [-0.1, -0.05) is 52.0 Å². The molecule has 0 aliphatic heterocycles. The highest BCUT2D eigenvalue weighted by molar-refractivity contribution is 5.85. The molecule has 0 saturated heterocycles. The van der Waals surface area contributed by atoms with Gasteiger partial charge < -0.3 is 10.1 Å². The number of aromatic nitrogens is 4. The molecule has 1 aliphatic rings. The topological polar surface area (TPSA) is 100 Å². The first-order valence-electron chi connectivity index (χ1n) is 11.7. The molecule has 1 saturated carbocycles. The minimum Gasteiger partial charge on any atom is -0.478 e. The third-order valence-corrected chi connectivity index (χ3v) is 6.85. The van der Waals surface area contributed by atoms with Crippen LogP contribution in [-0.4, -0.2) is 30.7 Å². The maximum Gasteiger partial charge on any atom is 0.328 e. The van der Waals surface area contributed by atoms with Crippen LogP contribution in [0.25, 0.3) is 23.0 Å². The normalized spacial score (nSPS) is 19.4. The molecule has 2 aromatic heterocycles. The third-order valence-electron chi connectivity index (χ3n) is 6.85. The monoisotopic (exact) mass is 448 g/mol. The number of carboxylic acids is 1. The van der Waals surface area contributed by atoms with Crippen LogP contribution in [0.4, 0.5) is 0 Å². The maximum absolute atomic E-state index is 13.0. The average molecular weight is 449 g/mol. The summed E-state index contributed by atoms with van der Waals surface area (Å²) in [5, 5.41) is 13.6. The Balaban J connectivity index is 1.70. The van der Waals surface area contributed by atoms with Crippen molar-refractivity contribution < 1.29 is 9.90 Å². The fraction of sp³-hybridized carbons (Fsp3) is 0.462. The lowest BCUT2D eigenvalue weighted by Crippen LogP contribution is -2.26. The lowest BCUT2D eigenvalue weighted by molar-refractivity contribution is -0.131. The smallest absolute Gasteiger partial charge is 0.328 e. The molecule has 7 nitrogen and oxygen atoms in total. The average Bonchev–Trinajstić information content (AvgIpc) is 3.17. The molecule has 174 valence electrons. The van der Waals surface area contributed by atoms with Crippen molar-refractivity contribution in [3.63, 3.8) is 0 Å². The number of H-pyrrole nitrogens is 1. The summed E-state index contributed by atoms with van der Waals surface area (Å²) in [6.45, 7) is 8.95. The lowest BCUT2D eigenvalue weighted by atomic mass is 9.70. The molecule has 0 amide bonds. The lowest BCUT2D eigenvalue weighted by Gasteiger charge is -2.36. The van der Waals surface area contributed by atoms with Crippen LogP contribution in [-0.2, 0) is 11.2 Å². The van der Waals surface area contributed by atoms with E-state index >= 15 is 0 Å². The zero-order valence-corrected chi connectivity index (χ0v) is 19.8. The van der Waals surface area contributed by atoms with Crippen LogP contribution in [0, 0.1) is 11.3 Å². The number of carbonyl (C=O) groups is 1. The summed E-state index contributed by atoms with van der Waals surface area (Å²) in [5.41, 5.74) is 2.97. The Bertz CT molecular complexity index is 1240. The number of aliphatic carboxylic acids is 1. The molecule has 33 heavy (non-hydrogen) atoms. The second-order valence-corrected chi connectivity index (χ2v) is 10.0. The zero-order chi connectivity index (χ0) is 23.8. The Morgan fingerprint density at radius 3 is 2.42 bits per heavy atom. The minimum absolute atomic E-state index is 0.186. The van der Waals surface area contributed by atoms with Gasteiger partial charge in [0, 0.05) is 17.6 Å². The van der Waals surface area contributed by atoms with Crippen LogP contribution in [0.1, 0.15) is 76.4 Å². The Kier molecular flexibility index (Phi) is 6.23. The van der Waals surface area contributed by atoms with Gasteiger partial charge in [0.25, 0.3) is 5.56 Å². The third kappa shape index (κ3) is 4.77. The summed E-state index contributed by atoms with van der Waals surface area (Å²) in [6.07, 6.45) is 7.73. The first-order valence-corrected chi connectivity index (χ1v) is 11.7. The largest absolute Gasteiger partial charge is 0.478 e.